The molecule has 130 valence electrons. The number of hydrogen-bond donors (Lipinski definition) is 0. The number of hydrogen-bond acceptors (Lipinski definition) is 4. The van der Waals surface area contributed by atoms with Gasteiger partial charge in [0.25, 0.3) is 0 Å². The number of carbonyl (C=O) groups is 3. The molecule has 0 radical (unpaired) electrons. The summed E-state index contributed by atoms with van der Waals surface area (Å²) < 4.78 is 4.90. The number of methoxy groups -OCH3 is 1. The molecule has 0 fully saturated rings. The molecule has 0 aliphatic rings. The van der Waals surface area contributed by atoms with Crippen molar-refractivity contribution in [2.45, 2.75) is 27.7 Å². The monoisotopic (exact) mass is 330 g/mol. The first-order chi connectivity index (χ1) is 11.4. The van der Waals surface area contributed by atoms with Gasteiger partial charge in [0.15, 0.2) is 0 Å². The van der Waals surface area contributed by atoms with Crippen LogP contribution in [0.5, 0.6) is 0 Å². The Morgan fingerprint density at radius 2 is 0.875 bits per heavy atom. The number of carbonyl (C=O) groups excluding carboxylic acids is 3. The Morgan fingerprint density at radius 1 is 0.583 bits per heavy atom. The second kappa shape index (κ2) is 16.6. The molecule has 4 heteroatoms. The van der Waals surface area contributed by atoms with Gasteiger partial charge in [-0.05, 0) is 50.5 Å². The van der Waals surface area contributed by atoms with Crippen LogP contribution in [0.3, 0.4) is 0 Å². The summed E-state index contributed by atoms with van der Waals surface area (Å²) in [4.78, 5) is 30.4. The van der Waals surface area contributed by atoms with E-state index in [0.29, 0.717) is 16.7 Å². The topological polar surface area (TPSA) is 60.4 Å². The van der Waals surface area contributed by atoms with E-state index in [1.54, 1.807) is 64.3 Å². The van der Waals surface area contributed by atoms with Crippen LogP contribution in [0.2, 0.25) is 0 Å². The first-order valence-electron chi connectivity index (χ1n) is 7.34. The van der Waals surface area contributed by atoms with Gasteiger partial charge in [-0.15, -0.1) is 0 Å². The molecule has 0 unspecified atom stereocenters. The standard InChI is InChI=1S/C10H14O2.C10H12O2/c1-9(8-11)6-4-5-7-10(2)12-3;1-9(7-11)5-3-4-6-10(2)8-12/h4-8H,1-3H3;3-8H,1-2H3/b5-4+,9-6-,10-7+;4-3+,9-5-,10-6-. The lowest BCUT2D eigenvalue weighted by atomic mass is 10.2. The van der Waals surface area contributed by atoms with Gasteiger partial charge < -0.3 is 4.74 Å². The maximum absolute atomic E-state index is 10.1. The maximum Gasteiger partial charge on any atom is 0.145 e. The third kappa shape index (κ3) is 17.3. The second-order valence-electron chi connectivity index (χ2n) is 4.84. The first-order valence-corrected chi connectivity index (χ1v) is 7.34. The van der Waals surface area contributed by atoms with Gasteiger partial charge in [0.05, 0.1) is 12.9 Å². The Labute approximate surface area is 144 Å². The molecular weight excluding hydrogens is 304 g/mol. The number of ether oxygens (including phenoxy) is 1. The van der Waals surface area contributed by atoms with Gasteiger partial charge in [-0.2, -0.15) is 0 Å². The van der Waals surface area contributed by atoms with Crippen molar-refractivity contribution in [2.24, 2.45) is 0 Å². The van der Waals surface area contributed by atoms with Crippen molar-refractivity contribution < 1.29 is 19.1 Å². The van der Waals surface area contributed by atoms with Crippen LogP contribution in [0.4, 0.5) is 0 Å². The van der Waals surface area contributed by atoms with E-state index in [1.165, 1.54) is 0 Å². The summed E-state index contributed by atoms with van der Waals surface area (Å²) >= 11 is 0. The molecule has 0 aromatic carbocycles. The lowest BCUT2D eigenvalue weighted by Gasteiger charge is -1.93. The van der Waals surface area contributed by atoms with Crippen LogP contribution >= 0.6 is 0 Å². The molecule has 0 spiro atoms. The summed E-state index contributed by atoms with van der Waals surface area (Å²) in [6.45, 7) is 7.05. The van der Waals surface area contributed by atoms with Crippen LogP contribution in [0, 0.1) is 0 Å². The van der Waals surface area contributed by atoms with Gasteiger partial charge in [0, 0.05) is 0 Å². The highest BCUT2D eigenvalue weighted by Gasteiger charge is 1.80. The van der Waals surface area contributed by atoms with Crippen LogP contribution in [-0.4, -0.2) is 26.0 Å². The summed E-state index contributed by atoms with van der Waals surface area (Å²) in [7, 11) is 1.62. The van der Waals surface area contributed by atoms with Crippen molar-refractivity contribution in [3.05, 3.63) is 71.1 Å². The minimum Gasteiger partial charge on any atom is -0.501 e. The number of aldehydes is 3. The Hall–Kier alpha value is -2.75. The quantitative estimate of drug-likeness (QED) is 0.291. The van der Waals surface area contributed by atoms with Crippen LogP contribution < -0.4 is 0 Å². The molecule has 0 atom stereocenters. The first kappa shape index (κ1) is 23.5. The summed E-state index contributed by atoms with van der Waals surface area (Å²) in [5, 5.41) is 0. The Balaban J connectivity index is 0. The number of rotatable bonds is 8. The van der Waals surface area contributed by atoms with Crippen LogP contribution in [-0.2, 0) is 19.1 Å². The third-order valence-electron chi connectivity index (χ3n) is 2.51. The molecule has 0 aromatic heterocycles. The highest BCUT2D eigenvalue weighted by atomic mass is 16.5. The second-order valence-corrected chi connectivity index (χ2v) is 4.84. The zero-order valence-electron chi connectivity index (χ0n) is 15.0. The van der Waals surface area contributed by atoms with Crippen molar-refractivity contribution in [3.8, 4) is 0 Å². The van der Waals surface area contributed by atoms with Gasteiger partial charge in [0.1, 0.15) is 18.9 Å². The van der Waals surface area contributed by atoms with E-state index in [1.807, 2.05) is 19.1 Å². The minimum absolute atomic E-state index is 0.656. The summed E-state index contributed by atoms with van der Waals surface area (Å²) in [5.41, 5.74) is 2.02. The van der Waals surface area contributed by atoms with Gasteiger partial charge in [-0.1, -0.05) is 42.5 Å². The molecule has 0 N–H and O–H groups in total. The molecule has 0 rings (SSSR count). The summed E-state index contributed by atoms with van der Waals surface area (Å²) in [6.07, 6.45) is 16.4. The molecule has 0 aromatic rings. The van der Waals surface area contributed by atoms with E-state index in [0.717, 1.165) is 24.6 Å². The molecule has 0 saturated carbocycles. The summed E-state index contributed by atoms with van der Waals surface area (Å²) in [6, 6.07) is 0. The summed E-state index contributed by atoms with van der Waals surface area (Å²) in [5.74, 6) is 0.836. The zero-order valence-corrected chi connectivity index (χ0v) is 15.0. The van der Waals surface area contributed by atoms with E-state index in [4.69, 9.17) is 4.74 Å². The predicted octanol–water partition coefficient (Wildman–Crippen LogP) is 4.07. The van der Waals surface area contributed by atoms with Gasteiger partial charge in [-0.25, -0.2) is 0 Å². The molecular formula is C20H26O4. The van der Waals surface area contributed by atoms with Gasteiger partial charge >= 0.3 is 0 Å². The molecule has 0 heterocycles. The average molecular weight is 330 g/mol. The minimum atomic E-state index is 0.656. The fourth-order valence-electron chi connectivity index (χ4n) is 0.999. The lowest BCUT2D eigenvalue weighted by molar-refractivity contribution is -0.105. The largest absolute Gasteiger partial charge is 0.501 e. The molecule has 0 amide bonds. The molecule has 0 aliphatic heterocycles. The van der Waals surface area contributed by atoms with E-state index in [9.17, 15) is 14.4 Å². The fraction of sp³-hybridized carbons (Fsp3) is 0.250. The normalized spacial score (nSPS) is 13.5. The van der Waals surface area contributed by atoms with Crippen molar-refractivity contribution in [1.82, 2.24) is 0 Å². The molecule has 0 bridgehead atoms. The van der Waals surface area contributed by atoms with Crippen molar-refractivity contribution in [2.75, 3.05) is 7.11 Å². The maximum atomic E-state index is 10.1. The Kier molecular flexibility index (Phi) is 16.3. The van der Waals surface area contributed by atoms with E-state index in [2.05, 4.69) is 0 Å². The highest BCUT2D eigenvalue weighted by Crippen LogP contribution is 1.93. The molecule has 0 aliphatic carbocycles. The highest BCUT2D eigenvalue weighted by molar-refractivity contribution is 5.73. The third-order valence-corrected chi connectivity index (χ3v) is 2.51. The van der Waals surface area contributed by atoms with Crippen LogP contribution in [0.15, 0.2) is 71.1 Å². The van der Waals surface area contributed by atoms with Gasteiger partial charge in [-0.3, -0.25) is 14.4 Å². The van der Waals surface area contributed by atoms with Crippen molar-refractivity contribution in [3.63, 3.8) is 0 Å². The van der Waals surface area contributed by atoms with E-state index in [-0.39, 0.29) is 0 Å². The predicted molar refractivity (Wildman–Crippen MR) is 98.5 cm³/mol. The fourth-order valence-corrected chi connectivity index (χ4v) is 0.999. The zero-order chi connectivity index (χ0) is 18.8. The molecule has 0 saturated heterocycles. The SMILES string of the molecule is C/C(C=O)=C/C=C/C=C(/C)C=O.CO/C(C)=C/C=C/C=C(/C)C=O. The lowest BCUT2D eigenvalue weighted by Crippen LogP contribution is -1.76. The van der Waals surface area contributed by atoms with E-state index < -0.39 is 0 Å². The van der Waals surface area contributed by atoms with Crippen LogP contribution in [0.1, 0.15) is 27.7 Å². The van der Waals surface area contributed by atoms with Gasteiger partial charge in [0.2, 0.25) is 0 Å². The number of allylic oxidation sites excluding steroid dienone is 12. The van der Waals surface area contributed by atoms with E-state index >= 15 is 0 Å². The van der Waals surface area contributed by atoms with Crippen molar-refractivity contribution in [1.29, 1.82) is 0 Å². The Morgan fingerprint density at radius 3 is 1.12 bits per heavy atom. The smallest absolute Gasteiger partial charge is 0.145 e. The van der Waals surface area contributed by atoms with Crippen LogP contribution in [0.25, 0.3) is 0 Å². The van der Waals surface area contributed by atoms with Crippen molar-refractivity contribution >= 4 is 18.9 Å². The Bertz CT molecular complexity index is 544. The molecule has 4 nitrogen and oxygen atoms in total. The average Bonchev–Trinajstić information content (AvgIpc) is 2.61. The molecule has 24 heavy (non-hydrogen) atoms.